The first-order valence-corrected chi connectivity index (χ1v) is 3.68. The third kappa shape index (κ3) is 3.82. The molecule has 1 atom stereocenters. The maximum Gasteiger partial charge on any atom is 0.0584 e. The minimum atomic E-state index is 0.236. The zero-order valence-electron chi connectivity index (χ0n) is 7.09. The molecule has 62 valence electrons. The van der Waals surface area contributed by atoms with E-state index in [1.54, 1.807) is 0 Å². The van der Waals surface area contributed by atoms with Crippen molar-refractivity contribution in [2.24, 2.45) is 0 Å². The normalized spacial score (nSPS) is 14.1. The van der Waals surface area contributed by atoms with Crippen molar-refractivity contribution in [3.05, 3.63) is 0 Å². The van der Waals surface area contributed by atoms with Gasteiger partial charge in [-0.3, -0.25) is 0 Å². The monoisotopic (exact) mass is 146 g/mol. The van der Waals surface area contributed by atoms with Crippen molar-refractivity contribution in [2.45, 2.75) is 13.0 Å². The van der Waals surface area contributed by atoms with Crippen molar-refractivity contribution in [1.82, 2.24) is 10.2 Å². The molecule has 3 heteroatoms. The Hall–Kier alpha value is -0.120. The molecule has 0 saturated carbocycles. The maximum absolute atomic E-state index is 8.74. The van der Waals surface area contributed by atoms with Gasteiger partial charge in [0.25, 0.3) is 0 Å². The molecule has 0 aliphatic carbocycles. The third-order valence-corrected chi connectivity index (χ3v) is 1.73. The number of hydrogen-bond donors (Lipinski definition) is 2. The van der Waals surface area contributed by atoms with Gasteiger partial charge in [0.2, 0.25) is 0 Å². The van der Waals surface area contributed by atoms with Gasteiger partial charge in [0.15, 0.2) is 0 Å². The number of nitrogens with zero attached hydrogens (tertiary/aromatic N) is 1. The van der Waals surface area contributed by atoms with Crippen LogP contribution in [-0.4, -0.2) is 49.8 Å². The molecule has 0 fully saturated rings. The first-order chi connectivity index (χ1) is 4.72. The first kappa shape index (κ1) is 9.88. The van der Waals surface area contributed by atoms with Crippen LogP contribution in [0.15, 0.2) is 0 Å². The van der Waals surface area contributed by atoms with E-state index in [4.69, 9.17) is 5.11 Å². The number of hydrogen-bond acceptors (Lipinski definition) is 3. The Morgan fingerprint density at radius 2 is 2.20 bits per heavy atom. The number of likely N-dealkylation sites (N-methyl/N-ethyl adjacent to an activating group) is 2. The summed E-state index contributed by atoms with van der Waals surface area (Å²) < 4.78 is 0. The summed E-state index contributed by atoms with van der Waals surface area (Å²) in [7, 11) is 3.94. The summed E-state index contributed by atoms with van der Waals surface area (Å²) in [6, 6.07) is 0.272. The first-order valence-electron chi connectivity index (χ1n) is 3.68. The average Bonchev–Trinajstić information content (AvgIpc) is 1.98. The van der Waals surface area contributed by atoms with E-state index in [-0.39, 0.29) is 12.6 Å². The number of aliphatic hydroxyl groups excluding tert-OH is 1. The highest BCUT2D eigenvalue weighted by atomic mass is 16.3. The Morgan fingerprint density at radius 3 is 2.60 bits per heavy atom. The van der Waals surface area contributed by atoms with E-state index in [1.165, 1.54) is 0 Å². The van der Waals surface area contributed by atoms with Crippen LogP contribution >= 0.6 is 0 Å². The molecule has 0 saturated heterocycles. The summed E-state index contributed by atoms with van der Waals surface area (Å²) in [5, 5.41) is 11.8. The van der Waals surface area contributed by atoms with Gasteiger partial charge < -0.3 is 15.3 Å². The summed E-state index contributed by atoms with van der Waals surface area (Å²) in [4.78, 5) is 2.12. The molecule has 0 spiro atoms. The van der Waals surface area contributed by atoms with E-state index in [0.717, 1.165) is 13.1 Å². The standard InChI is InChI=1S/C7H18N2O/c1-7(6-10)9(3)5-4-8-2/h7-8,10H,4-6H2,1-3H3. The largest absolute Gasteiger partial charge is 0.395 e. The summed E-state index contributed by atoms with van der Waals surface area (Å²) in [5.74, 6) is 0. The highest BCUT2D eigenvalue weighted by molar-refractivity contribution is 4.61. The molecule has 0 aliphatic heterocycles. The SMILES string of the molecule is CNCCN(C)C(C)CO. The lowest BCUT2D eigenvalue weighted by atomic mass is 10.3. The topological polar surface area (TPSA) is 35.5 Å². The van der Waals surface area contributed by atoms with Crippen LogP contribution in [0.4, 0.5) is 0 Å². The lowest BCUT2D eigenvalue weighted by Crippen LogP contribution is -2.36. The Labute approximate surface area is 63.0 Å². The maximum atomic E-state index is 8.74. The second-order valence-corrected chi connectivity index (χ2v) is 2.62. The summed E-state index contributed by atoms with van der Waals surface area (Å²) in [6.45, 7) is 4.20. The van der Waals surface area contributed by atoms with Crippen LogP contribution in [0, 0.1) is 0 Å². The minimum Gasteiger partial charge on any atom is -0.395 e. The van der Waals surface area contributed by atoms with Gasteiger partial charge in [0.1, 0.15) is 0 Å². The number of aliphatic hydroxyl groups is 1. The van der Waals surface area contributed by atoms with E-state index >= 15 is 0 Å². The minimum absolute atomic E-state index is 0.236. The smallest absolute Gasteiger partial charge is 0.0584 e. The molecule has 0 radical (unpaired) electrons. The van der Waals surface area contributed by atoms with Crippen LogP contribution in [0.25, 0.3) is 0 Å². The lowest BCUT2D eigenvalue weighted by Gasteiger charge is -2.22. The molecule has 0 aliphatic rings. The van der Waals surface area contributed by atoms with Gasteiger partial charge in [-0.2, -0.15) is 0 Å². The van der Waals surface area contributed by atoms with Gasteiger partial charge in [-0.05, 0) is 21.0 Å². The van der Waals surface area contributed by atoms with Crippen molar-refractivity contribution >= 4 is 0 Å². The van der Waals surface area contributed by atoms with E-state index in [9.17, 15) is 0 Å². The van der Waals surface area contributed by atoms with Crippen LogP contribution in [0.5, 0.6) is 0 Å². The third-order valence-electron chi connectivity index (χ3n) is 1.73. The van der Waals surface area contributed by atoms with E-state index in [2.05, 4.69) is 10.2 Å². The molecule has 3 nitrogen and oxygen atoms in total. The van der Waals surface area contributed by atoms with E-state index in [1.807, 2.05) is 21.0 Å². The van der Waals surface area contributed by atoms with Gasteiger partial charge >= 0.3 is 0 Å². The van der Waals surface area contributed by atoms with Crippen molar-refractivity contribution in [3.63, 3.8) is 0 Å². The predicted octanol–water partition coefficient (Wildman–Crippen LogP) is -0.482. The van der Waals surface area contributed by atoms with Crippen LogP contribution in [0.3, 0.4) is 0 Å². The van der Waals surface area contributed by atoms with E-state index in [0.29, 0.717) is 0 Å². The predicted molar refractivity (Wildman–Crippen MR) is 43.1 cm³/mol. The Morgan fingerprint density at radius 1 is 1.60 bits per heavy atom. The second kappa shape index (κ2) is 5.65. The summed E-state index contributed by atoms with van der Waals surface area (Å²) >= 11 is 0. The quantitative estimate of drug-likeness (QED) is 0.550. The van der Waals surface area contributed by atoms with Crippen LogP contribution in [-0.2, 0) is 0 Å². The van der Waals surface area contributed by atoms with Crippen LogP contribution in [0.1, 0.15) is 6.92 Å². The van der Waals surface area contributed by atoms with Gasteiger partial charge in [0.05, 0.1) is 6.61 Å². The molecule has 0 rings (SSSR count). The van der Waals surface area contributed by atoms with Gasteiger partial charge in [-0.1, -0.05) is 0 Å². The average molecular weight is 146 g/mol. The van der Waals surface area contributed by atoms with Crippen molar-refractivity contribution in [1.29, 1.82) is 0 Å². The molecule has 0 aromatic heterocycles. The fourth-order valence-electron chi connectivity index (χ4n) is 0.648. The van der Waals surface area contributed by atoms with Crippen molar-refractivity contribution in [3.8, 4) is 0 Å². The van der Waals surface area contributed by atoms with E-state index < -0.39 is 0 Å². The summed E-state index contributed by atoms with van der Waals surface area (Å²) in [5.41, 5.74) is 0. The van der Waals surface area contributed by atoms with Crippen LogP contribution < -0.4 is 5.32 Å². The highest BCUT2D eigenvalue weighted by Crippen LogP contribution is 1.91. The molecule has 1 unspecified atom stereocenters. The molecule has 10 heavy (non-hydrogen) atoms. The van der Waals surface area contributed by atoms with Gasteiger partial charge in [-0.15, -0.1) is 0 Å². The van der Waals surface area contributed by atoms with Crippen LogP contribution in [0.2, 0.25) is 0 Å². The Balaban J connectivity index is 3.31. The lowest BCUT2D eigenvalue weighted by molar-refractivity contribution is 0.160. The molecule has 0 aromatic carbocycles. The molecule has 0 heterocycles. The Bertz CT molecular complexity index is 78.0. The molecule has 0 aromatic rings. The second-order valence-electron chi connectivity index (χ2n) is 2.62. The number of nitrogens with one attached hydrogen (secondary N) is 1. The molecular weight excluding hydrogens is 128 g/mol. The molecule has 0 amide bonds. The van der Waals surface area contributed by atoms with Gasteiger partial charge in [-0.25, -0.2) is 0 Å². The Kier molecular flexibility index (Phi) is 5.58. The fraction of sp³-hybridized carbons (Fsp3) is 1.00. The molecular formula is C7H18N2O. The highest BCUT2D eigenvalue weighted by Gasteiger charge is 2.04. The fourth-order valence-corrected chi connectivity index (χ4v) is 0.648. The molecule has 0 bridgehead atoms. The zero-order chi connectivity index (χ0) is 7.98. The number of rotatable bonds is 5. The molecule has 2 N–H and O–H groups in total. The van der Waals surface area contributed by atoms with Crippen molar-refractivity contribution < 1.29 is 5.11 Å². The van der Waals surface area contributed by atoms with Gasteiger partial charge in [0, 0.05) is 19.1 Å². The zero-order valence-corrected chi connectivity index (χ0v) is 7.09. The summed E-state index contributed by atoms with van der Waals surface area (Å²) in [6.07, 6.45) is 0. The van der Waals surface area contributed by atoms with Crippen molar-refractivity contribution in [2.75, 3.05) is 33.8 Å².